The second kappa shape index (κ2) is 6.98. The first-order valence-electron chi connectivity index (χ1n) is 7.07. The molecule has 3 aromatic rings. The molecular weight excluding hydrogens is 366 g/mol. The summed E-state index contributed by atoms with van der Waals surface area (Å²) in [5.41, 5.74) is 1.16. The van der Waals surface area contributed by atoms with Crippen LogP contribution in [0.2, 0.25) is 5.15 Å². The lowest BCUT2D eigenvalue weighted by atomic mass is 10.1. The number of nitrogens with one attached hydrogen (secondary N) is 1. The van der Waals surface area contributed by atoms with E-state index >= 15 is 0 Å². The SMILES string of the molecule is CNCc1cc(-c2cccnc2Cl)c(S(=O)(=O)c2cccnc2)s1. The predicted octanol–water partition coefficient (Wildman–Crippen LogP) is 3.41. The summed E-state index contributed by atoms with van der Waals surface area (Å²) in [6.45, 7) is 0.568. The van der Waals surface area contributed by atoms with Gasteiger partial charge in [0.15, 0.2) is 0 Å². The maximum atomic E-state index is 13.0. The lowest BCUT2D eigenvalue weighted by Crippen LogP contribution is -2.03. The smallest absolute Gasteiger partial charge is 0.218 e. The van der Waals surface area contributed by atoms with Crippen molar-refractivity contribution in [3.63, 3.8) is 0 Å². The Bertz CT molecular complexity index is 956. The average molecular weight is 380 g/mol. The van der Waals surface area contributed by atoms with E-state index in [0.717, 1.165) is 4.88 Å². The molecule has 0 bridgehead atoms. The molecule has 0 aliphatic heterocycles. The highest BCUT2D eigenvalue weighted by molar-refractivity contribution is 7.93. The van der Waals surface area contributed by atoms with Crippen LogP contribution in [0.3, 0.4) is 0 Å². The molecule has 0 fully saturated rings. The molecule has 3 rings (SSSR count). The Balaban J connectivity index is 2.23. The van der Waals surface area contributed by atoms with E-state index in [1.54, 1.807) is 30.6 Å². The summed E-state index contributed by atoms with van der Waals surface area (Å²) in [5.74, 6) is 0. The molecule has 0 spiro atoms. The molecule has 0 saturated heterocycles. The van der Waals surface area contributed by atoms with Gasteiger partial charge in [0.25, 0.3) is 0 Å². The Kier molecular flexibility index (Phi) is 4.96. The van der Waals surface area contributed by atoms with E-state index < -0.39 is 9.84 Å². The minimum atomic E-state index is -3.69. The van der Waals surface area contributed by atoms with Crippen molar-refractivity contribution in [2.24, 2.45) is 0 Å². The van der Waals surface area contributed by atoms with Crippen molar-refractivity contribution >= 4 is 32.8 Å². The van der Waals surface area contributed by atoms with Crippen molar-refractivity contribution in [1.29, 1.82) is 0 Å². The molecule has 0 amide bonds. The topological polar surface area (TPSA) is 72.0 Å². The van der Waals surface area contributed by atoms with Crippen LogP contribution in [0.1, 0.15) is 4.88 Å². The van der Waals surface area contributed by atoms with Gasteiger partial charge in [0.05, 0.1) is 4.90 Å². The van der Waals surface area contributed by atoms with Gasteiger partial charge in [-0.25, -0.2) is 13.4 Å². The van der Waals surface area contributed by atoms with Gasteiger partial charge in [0.2, 0.25) is 9.84 Å². The molecule has 124 valence electrons. The van der Waals surface area contributed by atoms with E-state index in [1.807, 2.05) is 13.1 Å². The van der Waals surface area contributed by atoms with Gasteiger partial charge < -0.3 is 5.32 Å². The first-order valence-corrected chi connectivity index (χ1v) is 9.75. The van der Waals surface area contributed by atoms with Crippen molar-refractivity contribution in [3.05, 3.63) is 59.0 Å². The van der Waals surface area contributed by atoms with Crippen LogP contribution in [0.15, 0.2) is 58.0 Å². The maximum Gasteiger partial charge on any atom is 0.218 e. The Morgan fingerprint density at radius 3 is 2.67 bits per heavy atom. The lowest BCUT2D eigenvalue weighted by Gasteiger charge is -2.06. The molecule has 0 unspecified atom stereocenters. The van der Waals surface area contributed by atoms with Gasteiger partial charge in [0, 0.05) is 41.1 Å². The fourth-order valence-electron chi connectivity index (χ4n) is 2.27. The summed E-state index contributed by atoms with van der Waals surface area (Å²) in [6.07, 6.45) is 4.46. The van der Waals surface area contributed by atoms with Crippen molar-refractivity contribution in [2.45, 2.75) is 15.6 Å². The first kappa shape index (κ1) is 17.0. The number of hydrogen-bond donors (Lipinski definition) is 1. The minimum absolute atomic E-state index is 0.157. The first-order chi connectivity index (χ1) is 11.5. The molecule has 24 heavy (non-hydrogen) atoms. The van der Waals surface area contributed by atoms with E-state index in [0.29, 0.717) is 17.7 Å². The van der Waals surface area contributed by atoms with Gasteiger partial charge in [-0.1, -0.05) is 11.6 Å². The highest BCUT2D eigenvalue weighted by Crippen LogP contribution is 2.40. The van der Waals surface area contributed by atoms with Gasteiger partial charge in [-0.3, -0.25) is 4.98 Å². The van der Waals surface area contributed by atoms with Crippen molar-refractivity contribution in [1.82, 2.24) is 15.3 Å². The fraction of sp³-hybridized carbons (Fsp3) is 0.125. The number of thiophene rings is 1. The largest absolute Gasteiger partial charge is 0.315 e. The van der Waals surface area contributed by atoms with Crippen LogP contribution in [0.5, 0.6) is 0 Å². The summed E-state index contributed by atoms with van der Waals surface area (Å²) in [4.78, 5) is 9.02. The average Bonchev–Trinajstić information content (AvgIpc) is 3.01. The number of halogens is 1. The van der Waals surface area contributed by atoms with E-state index in [9.17, 15) is 8.42 Å². The second-order valence-corrected chi connectivity index (χ2v) is 8.62. The molecule has 0 aliphatic carbocycles. The summed E-state index contributed by atoms with van der Waals surface area (Å²) in [6, 6.07) is 8.48. The Morgan fingerprint density at radius 1 is 1.21 bits per heavy atom. The van der Waals surface area contributed by atoms with Crippen LogP contribution >= 0.6 is 22.9 Å². The highest BCUT2D eigenvalue weighted by Gasteiger charge is 2.26. The van der Waals surface area contributed by atoms with Crippen LogP contribution in [-0.4, -0.2) is 25.4 Å². The van der Waals surface area contributed by atoms with E-state index in [2.05, 4.69) is 15.3 Å². The molecule has 0 aromatic carbocycles. The number of sulfone groups is 1. The van der Waals surface area contributed by atoms with Gasteiger partial charge in [-0.05, 0) is 37.4 Å². The summed E-state index contributed by atoms with van der Waals surface area (Å²) in [5, 5.41) is 3.31. The Labute approximate surface area is 149 Å². The van der Waals surface area contributed by atoms with Crippen molar-refractivity contribution in [3.8, 4) is 11.1 Å². The van der Waals surface area contributed by atoms with Crippen LogP contribution in [-0.2, 0) is 16.4 Å². The normalized spacial score (nSPS) is 11.6. The molecule has 0 radical (unpaired) electrons. The van der Waals surface area contributed by atoms with Gasteiger partial charge in [-0.2, -0.15) is 0 Å². The zero-order valence-corrected chi connectivity index (χ0v) is 15.1. The zero-order valence-electron chi connectivity index (χ0n) is 12.7. The van der Waals surface area contributed by atoms with Gasteiger partial charge in [-0.15, -0.1) is 11.3 Å². The van der Waals surface area contributed by atoms with Crippen LogP contribution in [0.4, 0.5) is 0 Å². The van der Waals surface area contributed by atoms with E-state index in [-0.39, 0.29) is 14.3 Å². The third kappa shape index (κ3) is 3.21. The third-order valence-electron chi connectivity index (χ3n) is 3.34. The standard InChI is InChI=1S/C16H14ClN3O2S2/c1-18-9-11-8-14(13-5-3-7-20-15(13)17)16(23-11)24(21,22)12-4-2-6-19-10-12/h2-8,10,18H,9H2,1H3. The number of hydrogen-bond acceptors (Lipinski definition) is 6. The molecule has 5 nitrogen and oxygen atoms in total. The van der Waals surface area contributed by atoms with E-state index in [1.165, 1.54) is 23.6 Å². The van der Waals surface area contributed by atoms with Gasteiger partial charge in [0.1, 0.15) is 9.36 Å². The summed E-state index contributed by atoms with van der Waals surface area (Å²) < 4.78 is 26.3. The third-order valence-corrected chi connectivity index (χ3v) is 7.05. The highest BCUT2D eigenvalue weighted by atomic mass is 35.5. The number of rotatable bonds is 5. The molecule has 3 aromatic heterocycles. The molecule has 0 atom stereocenters. The minimum Gasteiger partial charge on any atom is -0.315 e. The van der Waals surface area contributed by atoms with Crippen LogP contribution in [0, 0.1) is 0 Å². The monoisotopic (exact) mass is 379 g/mol. The number of aromatic nitrogens is 2. The number of pyridine rings is 2. The van der Waals surface area contributed by atoms with Crippen LogP contribution in [0.25, 0.3) is 11.1 Å². The van der Waals surface area contributed by atoms with Gasteiger partial charge >= 0.3 is 0 Å². The molecule has 3 heterocycles. The molecule has 0 aliphatic rings. The van der Waals surface area contributed by atoms with Crippen LogP contribution < -0.4 is 5.32 Å². The Morgan fingerprint density at radius 2 is 2.00 bits per heavy atom. The molecule has 0 saturated carbocycles. The number of nitrogens with zero attached hydrogens (tertiary/aromatic N) is 2. The summed E-state index contributed by atoms with van der Waals surface area (Å²) in [7, 11) is -1.88. The Hall–Kier alpha value is -1.80. The van der Waals surface area contributed by atoms with E-state index in [4.69, 9.17) is 11.6 Å². The zero-order chi connectivity index (χ0) is 17.2. The molecule has 8 heteroatoms. The van der Waals surface area contributed by atoms with Crippen molar-refractivity contribution < 1.29 is 8.42 Å². The fourth-order valence-corrected chi connectivity index (χ4v) is 5.58. The predicted molar refractivity (Wildman–Crippen MR) is 95.0 cm³/mol. The second-order valence-electron chi connectivity index (χ2n) is 4.98. The summed E-state index contributed by atoms with van der Waals surface area (Å²) >= 11 is 7.41. The molecular formula is C16H14ClN3O2S2. The quantitative estimate of drug-likeness (QED) is 0.688. The van der Waals surface area contributed by atoms with Crippen molar-refractivity contribution in [2.75, 3.05) is 7.05 Å². The maximum absolute atomic E-state index is 13.0. The lowest BCUT2D eigenvalue weighted by molar-refractivity contribution is 0.598. The molecule has 1 N–H and O–H groups in total.